The maximum absolute atomic E-state index is 6.88. The zero-order valence-electron chi connectivity index (χ0n) is 27.3. The number of fused-ring (bicyclic) bond motifs is 6. The van der Waals surface area contributed by atoms with Crippen molar-refractivity contribution in [1.29, 1.82) is 0 Å². The van der Waals surface area contributed by atoms with Crippen molar-refractivity contribution in [2.24, 2.45) is 0 Å². The molecule has 2 aromatic heterocycles. The van der Waals surface area contributed by atoms with Crippen molar-refractivity contribution in [3.8, 4) is 56.4 Å². The summed E-state index contributed by atoms with van der Waals surface area (Å²) in [6, 6.07) is 55.5. The standard InChI is InChI=1S/C46H26BNO3/c1-3-13-27(14-4-1)45-40-30-25-29(48-34-19-7-9-21-36(34)49-37-22-10-8-20-35(37)48)26-31-41-43-33(47(44(30)31)32-17-11-23-38(50-45)42(32)40)18-12-24-39(43)51-46(41)28-15-5-2-6-16-28/h1-26H. The van der Waals surface area contributed by atoms with E-state index in [1.165, 1.54) is 38.3 Å². The molecule has 9 aromatic rings. The number of nitrogens with zero attached hydrogens (tertiary/aromatic N) is 1. The number of anilines is 3. The van der Waals surface area contributed by atoms with E-state index in [1.807, 2.05) is 24.3 Å². The van der Waals surface area contributed by atoms with Crippen molar-refractivity contribution < 1.29 is 13.6 Å². The van der Waals surface area contributed by atoms with Gasteiger partial charge in [-0.25, -0.2) is 0 Å². The molecule has 0 saturated heterocycles. The molecule has 0 saturated carbocycles. The third-order valence-electron chi connectivity index (χ3n) is 10.9. The second-order valence-electron chi connectivity index (χ2n) is 13.5. The molecule has 0 fully saturated rings. The summed E-state index contributed by atoms with van der Waals surface area (Å²) in [4.78, 5) is 2.35. The summed E-state index contributed by atoms with van der Waals surface area (Å²) in [7, 11) is 0. The van der Waals surface area contributed by atoms with E-state index >= 15 is 0 Å². The molecule has 12 rings (SSSR count). The van der Waals surface area contributed by atoms with Crippen molar-refractivity contribution in [1.82, 2.24) is 0 Å². The molecule has 236 valence electrons. The van der Waals surface area contributed by atoms with Crippen LogP contribution in [0.5, 0.6) is 11.5 Å². The Morgan fingerprint density at radius 2 is 0.922 bits per heavy atom. The lowest BCUT2D eigenvalue weighted by Crippen LogP contribution is -2.57. The number of hydrogen-bond acceptors (Lipinski definition) is 4. The molecule has 0 amide bonds. The van der Waals surface area contributed by atoms with Crippen LogP contribution in [0.15, 0.2) is 167 Å². The highest BCUT2D eigenvalue weighted by Crippen LogP contribution is 2.54. The number of furan rings is 2. The lowest BCUT2D eigenvalue weighted by Gasteiger charge is -2.36. The highest BCUT2D eigenvalue weighted by molar-refractivity contribution is 7.01. The van der Waals surface area contributed by atoms with Crippen molar-refractivity contribution >= 4 is 62.1 Å². The van der Waals surface area contributed by atoms with E-state index < -0.39 is 0 Å². The van der Waals surface area contributed by atoms with Crippen LogP contribution in [-0.2, 0) is 0 Å². The number of rotatable bonds is 3. The topological polar surface area (TPSA) is 38.8 Å². The molecule has 0 atom stereocenters. The van der Waals surface area contributed by atoms with E-state index in [0.29, 0.717) is 0 Å². The van der Waals surface area contributed by atoms with Gasteiger partial charge in [-0.05, 0) is 59.7 Å². The fourth-order valence-electron chi connectivity index (χ4n) is 8.88. The minimum Gasteiger partial charge on any atom is -0.455 e. The van der Waals surface area contributed by atoms with E-state index in [-0.39, 0.29) is 6.71 Å². The smallest absolute Gasteiger partial charge is 0.244 e. The molecular weight excluding hydrogens is 625 g/mol. The van der Waals surface area contributed by atoms with Crippen molar-refractivity contribution in [3.63, 3.8) is 0 Å². The highest BCUT2D eigenvalue weighted by atomic mass is 16.5. The predicted octanol–water partition coefficient (Wildman–Crippen LogP) is 10.6. The Balaban J connectivity index is 1.26. The van der Waals surface area contributed by atoms with Crippen LogP contribution in [0, 0.1) is 0 Å². The first-order chi connectivity index (χ1) is 25.3. The van der Waals surface area contributed by atoms with Gasteiger partial charge in [-0.1, -0.05) is 126 Å². The molecule has 3 aliphatic heterocycles. The Morgan fingerprint density at radius 3 is 1.43 bits per heavy atom. The molecule has 3 aliphatic rings. The Bertz CT molecular complexity index is 2710. The monoisotopic (exact) mass is 651 g/mol. The fourth-order valence-corrected chi connectivity index (χ4v) is 8.88. The van der Waals surface area contributed by atoms with Gasteiger partial charge in [0, 0.05) is 38.7 Å². The summed E-state index contributed by atoms with van der Waals surface area (Å²) in [6.07, 6.45) is 0. The highest BCUT2D eigenvalue weighted by Gasteiger charge is 2.43. The summed E-state index contributed by atoms with van der Waals surface area (Å²) < 4.78 is 20.2. The summed E-state index contributed by atoms with van der Waals surface area (Å²) in [5, 5.41) is 2.35. The van der Waals surface area contributed by atoms with E-state index in [0.717, 1.165) is 73.5 Å². The molecule has 7 aromatic carbocycles. The summed E-state index contributed by atoms with van der Waals surface area (Å²) in [5.74, 6) is 3.42. The van der Waals surface area contributed by atoms with Crippen LogP contribution in [-0.4, -0.2) is 6.71 Å². The fraction of sp³-hybridized carbons (Fsp3) is 0. The Kier molecular flexibility index (Phi) is 5.29. The van der Waals surface area contributed by atoms with Crippen LogP contribution < -0.4 is 26.0 Å². The van der Waals surface area contributed by atoms with Crippen LogP contribution >= 0.6 is 0 Å². The van der Waals surface area contributed by atoms with Crippen LogP contribution in [0.2, 0.25) is 0 Å². The Morgan fingerprint density at radius 1 is 0.451 bits per heavy atom. The molecule has 5 heteroatoms. The molecule has 5 heterocycles. The van der Waals surface area contributed by atoms with Gasteiger partial charge in [-0.3, -0.25) is 0 Å². The van der Waals surface area contributed by atoms with Crippen LogP contribution in [0.4, 0.5) is 17.1 Å². The van der Waals surface area contributed by atoms with Gasteiger partial charge in [0.1, 0.15) is 22.7 Å². The summed E-state index contributed by atoms with van der Waals surface area (Å²) in [6.45, 7) is 0.00292. The summed E-state index contributed by atoms with van der Waals surface area (Å²) >= 11 is 0. The first kappa shape index (κ1) is 27.1. The van der Waals surface area contributed by atoms with Gasteiger partial charge in [0.25, 0.3) is 0 Å². The second-order valence-corrected chi connectivity index (χ2v) is 13.5. The largest absolute Gasteiger partial charge is 0.455 e. The van der Waals surface area contributed by atoms with Crippen LogP contribution in [0.1, 0.15) is 0 Å². The zero-order valence-corrected chi connectivity index (χ0v) is 27.3. The van der Waals surface area contributed by atoms with E-state index in [9.17, 15) is 0 Å². The average molecular weight is 652 g/mol. The van der Waals surface area contributed by atoms with Gasteiger partial charge in [-0.2, -0.15) is 0 Å². The number of para-hydroxylation sites is 4. The third kappa shape index (κ3) is 3.59. The van der Waals surface area contributed by atoms with E-state index in [2.05, 4.69) is 138 Å². The summed E-state index contributed by atoms with van der Waals surface area (Å²) in [5.41, 5.74) is 15.4. The van der Waals surface area contributed by atoms with Gasteiger partial charge in [0.05, 0.1) is 11.4 Å². The molecular formula is C46H26BNO3. The van der Waals surface area contributed by atoms with Gasteiger partial charge in [-0.15, -0.1) is 0 Å². The number of benzene rings is 7. The normalized spacial score (nSPS) is 13.2. The number of ether oxygens (including phenoxy) is 1. The van der Waals surface area contributed by atoms with E-state index in [4.69, 9.17) is 13.6 Å². The molecule has 0 bridgehead atoms. The van der Waals surface area contributed by atoms with Crippen LogP contribution in [0.25, 0.3) is 66.8 Å². The van der Waals surface area contributed by atoms with Gasteiger partial charge in [0.15, 0.2) is 11.5 Å². The molecule has 4 nitrogen and oxygen atoms in total. The first-order valence-corrected chi connectivity index (χ1v) is 17.4. The average Bonchev–Trinajstić information content (AvgIpc) is 3.78. The van der Waals surface area contributed by atoms with Gasteiger partial charge in [0.2, 0.25) is 6.71 Å². The first-order valence-electron chi connectivity index (χ1n) is 17.4. The predicted molar refractivity (Wildman–Crippen MR) is 207 cm³/mol. The molecule has 51 heavy (non-hydrogen) atoms. The Labute approximate surface area is 293 Å². The second kappa shape index (κ2) is 9.93. The van der Waals surface area contributed by atoms with Crippen molar-refractivity contribution in [2.45, 2.75) is 0 Å². The Hall–Kier alpha value is -6.72. The third-order valence-corrected chi connectivity index (χ3v) is 10.9. The molecule has 0 spiro atoms. The maximum Gasteiger partial charge on any atom is 0.244 e. The van der Waals surface area contributed by atoms with Gasteiger partial charge >= 0.3 is 0 Å². The lowest BCUT2D eigenvalue weighted by atomic mass is 9.31. The molecule has 0 radical (unpaired) electrons. The molecule has 0 aliphatic carbocycles. The van der Waals surface area contributed by atoms with E-state index in [1.54, 1.807) is 0 Å². The SMILES string of the molecule is c1ccc(-c2oc3cccc4c3c2-c2cc(N3c5ccccc5Oc5ccccc53)cc3c2B4c2cccc4oc(-c5ccccc5)c-3c24)cc1. The molecule has 0 N–H and O–H groups in total. The quantitative estimate of drug-likeness (QED) is 0.178. The van der Waals surface area contributed by atoms with Crippen molar-refractivity contribution in [2.75, 3.05) is 4.90 Å². The molecule has 0 unspecified atom stereocenters. The minimum absolute atomic E-state index is 0.00292. The van der Waals surface area contributed by atoms with Gasteiger partial charge < -0.3 is 18.5 Å². The lowest BCUT2D eigenvalue weighted by molar-refractivity contribution is 0.477. The maximum atomic E-state index is 6.88. The minimum atomic E-state index is 0.00292. The van der Waals surface area contributed by atoms with Crippen LogP contribution in [0.3, 0.4) is 0 Å². The van der Waals surface area contributed by atoms with Crippen molar-refractivity contribution in [3.05, 3.63) is 158 Å². The number of hydrogen-bond donors (Lipinski definition) is 0. The zero-order chi connectivity index (χ0) is 33.2.